The molecule has 1 aliphatic rings. The van der Waals surface area contributed by atoms with Gasteiger partial charge in [-0.15, -0.1) is 0 Å². The maximum atomic E-state index is 12.0. The molecule has 4 atom stereocenters. The Labute approximate surface area is 224 Å². The maximum absolute atomic E-state index is 12.0. The predicted octanol–water partition coefficient (Wildman–Crippen LogP) is 5.70. The first-order valence-electron chi connectivity index (χ1n) is 13.1. The lowest BCUT2D eigenvalue weighted by Gasteiger charge is -2.47. The highest BCUT2D eigenvalue weighted by atomic mass is 16.7. The van der Waals surface area contributed by atoms with E-state index in [-0.39, 0.29) is 13.0 Å². The van der Waals surface area contributed by atoms with Crippen molar-refractivity contribution in [3.63, 3.8) is 0 Å². The molecule has 5 rings (SSSR count). The molecule has 0 aliphatic carbocycles. The molecule has 0 unspecified atom stereocenters. The van der Waals surface area contributed by atoms with Crippen LogP contribution >= 0.6 is 0 Å². The van der Waals surface area contributed by atoms with Gasteiger partial charge in [-0.25, -0.2) is 0 Å². The van der Waals surface area contributed by atoms with Gasteiger partial charge in [-0.05, 0) is 22.3 Å². The molecule has 0 spiro atoms. The molecule has 4 aromatic carbocycles. The number of hydrogen-bond acceptors (Lipinski definition) is 5. The molecule has 0 radical (unpaired) electrons. The molecular weight excluding hydrogens is 476 g/mol. The van der Waals surface area contributed by atoms with E-state index in [1.165, 1.54) is 0 Å². The van der Waals surface area contributed by atoms with E-state index in [1.54, 1.807) is 0 Å². The van der Waals surface area contributed by atoms with Crippen molar-refractivity contribution in [3.8, 4) is 0 Å². The maximum Gasteiger partial charge on any atom is 0.199 e. The smallest absolute Gasteiger partial charge is 0.199 e. The van der Waals surface area contributed by atoms with Crippen LogP contribution in [0.3, 0.4) is 0 Å². The molecule has 4 aromatic rings. The van der Waals surface area contributed by atoms with Crippen LogP contribution in [-0.2, 0) is 45.2 Å². The number of rotatable bonds is 11. The molecule has 196 valence electrons. The van der Waals surface area contributed by atoms with Crippen LogP contribution in [0.4, 0.5) is 0 Å². The molecule has 5 nitrogen and oxygen atoms in total. The minimum absolute atomic E-state index is 0.181. The van der Waals surface area contributed by atoms with Crippen LogP contribution in [0.5, 0.6) is 0 Å². The Hall–Kier alpha value is -3.32. The summed E-state index contributed by atoms with van der Waals surface area (Å²) >= 11 is 0. The molecule has 0 aromatic heterocycles. The van der Waals surface area contributed by atoms with Gasteiger partial charge in [0.1, 0.15) is 18.3 Å². The van der Waals surface area contributed by atoms with Crippen molar-refractivity contribution in [3.05, 3.63) is 144 Å². The minimum Gasteiger partial charge on any atom is -0.368 e. The van der Waals surface area contributed by atoms with E-state index in [0.29, 0.717) is 19.8 Å². The molecule has 5 heteroatoms. The van der Waals surface area contributed by atoms with E-state index in [2.05, 4.69) is 0 Å². The second-order valence-electron chi connectivity index (χ2n) is 9.63. The van der Waals surface area contributed by atoms with Crippen molar-refractivity contribution in [1.29, 1.82) is 0 Å². The Morgan fingerprint density at radius 3 is 1.50 bits per heavy atom. The number of benzene rings is 4. The Kier molecular flexibility index (Phi) is 8.97. The first-order chi connectivity index (χ1) is 18.7. The zero-order chi connectivity index (χ0) is 26.0. The average Bonchev–Trinajstić information content (AvgIpc) is 2.97. The van der Waals surface area contributed by atoms with E-state index in [0.717, 1.165) is 22.3 Å². The van der Waals surface area contributed by atoms with Crippen LogP contribution < -0.4 is 0 Å². The molecular formula is C33H34O5. The summed E-state index contributed by atoms with van der Waals surface area (Å²) in [5.41, 5.74) is 4.05. The number of aliphatic hydroxyl groups is 1. The van der Waals surface area contributed by atoms with E-state index >= 15 is 0 Å². The third kappa shape index (κ3) is 6.95. The van der Waals surface area contributed by atoms with Crippen molar-refractivity contribution < 1.29 is 24.1 Å². The number of ether oxygens (including phenoxy) is 4. The van der Waals surface area contributed by atoms with Gasteiger partial charge in [-0.1, -0.05) is 121 Å². The molecule has 0 saturated carbocycles. The summed E-state index contributed by atoms with van der Waals surface area (Å²) in [5, 5.41) is 12.0. The van der Waals surface area contributed by atoms with Crippen molar-refractivity contribution in [1.82, 2.24) is 0 Å². The highest BCUT2D eigenvalue weighted by Gasteiger charge is 2.52. The fourth-order valence-electron chi connectivity index (χ4n) is 4.76. The van der Waals surface area contributed by atoms with Gasteiger partial charge >= 0.3 is 0 Å². The molecule has 0 bridgehead atoms. The first kappa shape index (κ1) is 26.3. The van der Waals surface area contributed by atoms with Gasteiger partial charge in [0.05, 0.1) is 26.4 Å². The molecule has 1 heterocycles. The number of hydrogen-bond donors (Lipinski definition) is 1. The molecule has 1 aliphatic heterocycles. The molecule has 38 heavy (non-hydrogen) atoms. The summed E-state index contributed by atoms with van der Waals surface area (Å²) in [6.45, 7) is 1.26. The minimum atomic E-state index is -1.59. The fourth-order valence-corrected chi connectivity index (χ4v) is 4.76. The van der Waals surface area contributed by atoms with Gasteiger partial charge in [-0.2, -0.15) is 0 Å². The zero-order valence-electron chi connectivity index (χ0n) is 21.4. The van der Waals surface area contributed by atoms with Crippen LogP contribution in [0, 0.1) is 0 Å². The van der Waals surface area contributed by atoms with Crippen molar-refractivity contribution >= 4 is 0 Å². The van der Waals surface area contributed by atoms with Crippen molar-refractivity contribution in [2.24, 2.45) is 0 Å². The zero-order valence-corrected chi connectivity index (χ0v) is 21.4. The summed E-state index contributed by atoms with van der Waals surface area (Å²) in [4.78, 5) is 0. The first-order valence-corrected chi connectivity index (χ1v) is 13.1. The second-order valence-corrected chi connectivity index (χ2v) is 9.63. The Morgan fingerprint density at radius 1 is 0.579 bits per heavy atom. The summed E-state index contributed by atoms with van der Waals surface area (Å²) in [5.74, 6) is -1.59. The highest BCUT2D eigenvalue weighted by molar-refractivity contribution is 5.19. The van der Waals surface area contributed by atoms with Gasteiger partial charge in [0, 0.05) is 6.42 Å². The van der Waals surface area contributed by atoms with Crippen LogP contribution in [0.1, 0.15) is 22.3 Å². The second kappa shape index (κ2) is 13.0. The van der Waals surface area contributed by atoms with Crippen LogP contribution in [0.15, 0.2) is 121 Å². The monoisotopic (exact) mass is 510 g/mol. The van der Waals surface area contributed by atoms with E-state index in [9.17, 15) is 5.11 Å². The molecule has 1 fully saturated rings. The molecule has 1 saturated heterocycles. The highest BCUT2D eigenvalue weighted by Crippen LogP contribution is 2.34. The largest absolute Gasteiger partial charge is 0.368 e. The topological polar surface area (TPSA) is 57.2 Å². The lowest BCUT2D eigenvalue weighted by molar-refractivity contribution is -0.343. The van der Waals surface area contributed by atoms with Gasteiger partial charge < -0.3 is 24.1 Å². The van der Waals surface area contributed by atoms with Crippen LogP contribution in [-0.4, -0.2) is 35.8 Å². The standard InChI is InChI=1S/C33H34O5/c34-33(21-26-13-5-1-6-14-26)32(37-24-29-19-11-4-12-20-29)31(36-23-28-17-9-3-10-18-28)30(25-38-33)35-22-27-15-7-2-8-16-27/h1-20,30-32,34H,21-25H2/t30-,31+,32-,33+/m1/s1. The van der Waals surface area contributed by atoms with Crippen LogP contribution in [0.2, 0.25) is 0 Å². The Morgan fingerprint density at radius 2 is 1.00 bits per heavy atom. The summed E-state index contributed by atoms with van der Waals surface area (Å²) in [6, 6.07) is 39.8. The fraction of sp³-hybridized carbons (Fsp3) is 0.273. The van der Waals surface area contributed by atoms with E-state index in [1.807, 2.05) is 121 Å². The molecule has 1 N–H and O–H groups in total. The van der Waals surface area contributed by atoms with E-state index < -0.39 is 24.1 Å². The summed E-state index contributed by atoms with van der Waals surface area (Å²) in [6.07, 6.45) is -1.52. The third-order valence-corrected chi connectivity index (χ3v) is 6.77. The summed E-state index contributed by atoms with van der Waals surface area (Å²) in [7, 11) is 0. The quantitative estimate of drug-likeness (QED) is 0.280. The van der Waals surface area contributed by atoms with Crippen molar-refractivity contribution in [2.75, 3.05) is 6.61 Å². The Balaban J connectivity index is 1.42. The third-order valence-electron chi connectivity index (χ3n) is 6.77. The molecule has 0 amide bonds. The normalized spacial score (nSPS) is 23.2. The summed E-state index contributed by atoms with van der Waals surface area (Å²) < 4.78 is 25.5. The SMILES string of the molecule is O[C@@]1(Cc2ccccc2)OC[C@@H](OCc2ccccc2)[C@H](OCc2ccccc2)[C@H]1OCc1ccccc1. The Bertz CT molecular complexity index is 1220. The van der Waals surface area contributed by atoms with E-state index in [4.69, 9.17) is 18.9 Å². The average molecular weight is 511 g/mol. The van der Waals surface area contributed by atoms with Crippen LogP contribution in [0.25, 0.3) is 0 Å². The van der Waals surface area contributed by atoms with Gasteiger partial charge in [0.2, 0.25) is 0 Å². The predicted molar refractivity (Wildman–Crippen MR) is 146 cm³/mol. The van der Waals surface area contributed by atoms with Gasteiger partial charge in [-0.3, -0.25) is 0 Å². The lowest BCUT2D eigenvalue weighted by atomic mass is 9.91. The van der Waals surface area contributed by atoms with Crippen molar-refractivity contribution in [2.45, 2.75) is 50.3 Å². The van der Waals surface area contributed by atoms with Gasteiger partial charge in [0.25, 0.3) is 0 Å². The van der Waals surface area contributed by atoms with Gasteiger partial charge in [0.15, 0.2) is 5.79 Å². The lowest BCUT2D eigenvalue weighted by Crippen LogP contribution is -2.64.